The number of benzene rings is 2. The van der Waals surface area contributed by atoms with E-state index in [1.807, 2.05) is 19.1 Å². The number of hydrogen-bond donors (Lipinski definition) is 3. The lowest BCUT2D eigenvalue weighted by atomic mass is 10.0. The number of aliphatic hydroxyl groups excluding tert-OH is 1. The van der Waals surface area contributed by atoms with E-state index in [-0.39, 0.29) is 12.5 Å². The van der Waals surface area contributed by atoms with E-state index in [2.05, 4.69) is 56.6 Å². The number of aliphatic hydroxyl groups is 1. The van der Waals surface area contributed by atoms with Crippen LogP contribution in [0.1, 0.15) is 59.8 Å². The molecule has 2 aromatic carbocycles. The zero-order valence-corrected chi connectivity index (χ0v) is 27.5. The van der Waals surface area contributed by atoms with Crippen LogP contribution in [0.2, 0.25) is 5.02 Å². The summed E-state index contributed by atoms with van der Waals surface area (Å²) in [5.41, 5.74) is 3.68. The molecule has 0 spiro atoms. The number of nitrogens with zero attached hydrogens (tertiary/aromatic N) is 6. The fourth-order valence-corrected chi connectivity index (χ4v) is 6.23. The van der Waals surface area contributed by atoms with Gasteiger partial charge in [0.05, 0.1) is 23.5 Å². The summed E-state index contributed by atoms with van der Waals surface area (Å²) in [4.78, 5) is 36.6. The molecule has 12 heteroatoms. The van der Waals surface area contributed by atoms with Crippen molar-refractivity contribution in [1.29, 1.82) is 0 Å². The van der Waals surface area contributed by atoms with Crippen LogP contribution in [0, 0.1) is 6.92 Å². The molecule has 1 fully saturated rings. The number of aromatic nitrogens is 4. The highest BCUT2D eigenvalue weighted by atomic mass is 35.5. The molecule has 10 nitrogen and oxygen atoms in total. The number of piperazine rings is 1. The van der Waals surface area contributed by atoms with E-state index in [9.17, 15) is 9.90 Å². The van der Waals surface area contributed by atoms with Crippen LogP contribution in [0.25, 0.3) is 11.4 Å². The molecule has 0 unspecified atom stereocenters. The van der Waals surface area contributed by atoms with Gasteiger partial charge >= 0.3 is 0 Å². The molecule has 0 aliphatic carbocycles. The number of hydrogen-bond acceptors (Lipinski definition) is 10. The summed E-state index contributed by atoms with van der Waals surface area (Å²) in [6.45, 7) is 8.03. The van der Waals surface area contributed by atoms with Gasteiger partial charge in [-0.3, -0.25) is 15.0 Å². The molecule has 0 radical (unpaired) electrons. The third-order valence-corrected chi connectivity index (χ3v) is 9.11. The number of halogens is 1. The lowest BCUT2D eigenvalue weighted by molar-refractivity contribution is 0.103. The Labute approximate surface area is 273 Å². The largest absolute Gasteiger partial charge is 0.395 e. The lowest BCUT2D eigenvalue weighted by Crippen LogP contribution is -2.47. The number of β-amino-alcohol motifs (C(OH)–C–C–N with tert-alkyl or cyclic N) is 1. The van der Waals surface area contributed by atoms with Gasteiger partial charge in [-0.2, -0.15) is 15.0 Å². The summed E-state index contributed by atoms with van der Waals surface area (Å²) in [6, 6.07) is 14.0. The van der Waals surface area contributed by atoms with Crippen LogP contribution < -0.4 is 15.5 Å². The Morgan fingerprint density at radius 2 is 1.78 bits per heavy atom. The van der Waals surface area contributed by atoms with E-state index in [1.54, 1.807) is 6.07 Å². The van der Waals surface area contributed by atoms with Gasteiger partial charge in [0.25, 0.3) is 5.91 Å². The quantitative estimate of drug-likeness (QED) is 0.130. The van der Waals surface area contributed by atoms with Crippen LogP contribution in [0.3, 0.4) is 0 Å². The van der Waals surface area contributed by atoms with Crippen molar-refractivity contribution in [3.63, 3.8) is 0 Å². The molecule has 1 saturated heterocycles. The summed E-state index contributed by atoms with van der Waals surface area (Å²) in [5, 5.41) is 16.4. The average Bonchev–Trinajstić information content (AvgIpc) is 3.52. The average molecular weight is 649 g/mol. The summed E-state index contributed by atoms with van der Waals surface area (Å²) in [7, 11) is 0. The Balaban J connectivity index is 1.34. The van der Waals surface area contributed by atoms with Gasteiger partial charge in [-0.1, -0.05) is 91.9 Å². The van der Waals surface area contributed by atoms with E-state index in [4.69, 9.17) is 26.6 Å². The van der Waals surface area contributed by atoms with Gasteiger partial charge in [-0.15, -0.1) is 0 Å². The third-order valence-electron chi connectivity index (χ3n) is 7.88. The number of carbonyl (C=O) groups excluding carboxylic acids is 1. The van der Waals surface area contributed by atoms with Gasteiger partial charge in [0.15, 0.2) is 11.0 Å². The molecule has 238 valence electrons. The number of carbonyl (C=O) groups is 1. The lowest BCUT2D eigenvalue weighted by Gasteiger charge is -2.34. The minimum atomic E-state index is -0.292. The topological polar surface area (TPSA) is 119 Å². The van der Waals surface area contributed by atoms with Crippen molar-refractivity contribution < 1.29 is 9.90 Å². The van der Waals surface area contributed by atoms with Gasteiger partial charge in [0, 0.05) is 38.3 Å². The van der Waals surface area contributed by atoms with E-state index in [0.717, 1.165) is 43.7 Å². The summed E-state index contributed by atoms with van der Waals surface area (Å²) >= 11 is 7.52. The van der Waals surface area contributed by atoms with Crippen LogP contribution in [-0.4, -0.2) is 75.2 Å². The van der Waals surface area contributed by atoms with Crippen molar-refractivity contribution in [3.05, 3.63) is 69.7 Å². The minimum Gasteiger partial charge on any atom is -0.395 e. The molecule has 1 aliphatic heterocycles. The van der Waals surface area contributed by atoms with Gasteiger partial charge in [0.1, 0.15) is 4.88 Å². The SMILES string of the molecule is CCCCCCCc1ccc(-c2nc(Nc3ncc(C(=O)Nc4c(C)cccc4Cl)s3)nc(N3CCN(CCO)CC3)n2)cc1. The monoisotopic (exact) mass is 648 g/mol. The molecule has 0 bridgehead atoms. The Kier molecular flexibility index (Phi) is 11.7. The molecule has 3 N–H and O–H groups in total. The van der Waals surface area contributed by atoms with Gasteiger partial charge in [0.2, 0.25) is 11.9 Å². The van der Waals surface area contributed by atoms with Gasteiger partial charge in [-0.25, -0.2) is 4.98 Å². The van der Waals surface area contributed by atoms with Crippen LogP contribution in [0.5, 0.6) is 0 Å². The highest BCUT2D eigenvalue weighted by Gasteiger charge is 2.21. The molecule has 5 rings (SSSR count). The van der Waals surface area contributed by atoms with Crippen molar-refractivity contribution >= 4 is 51.6 Å². The van der Waals surface area contributed by atoms with E-state index >= 15 is 0 Å². The first-order valence-electron chi connectivity index (χ1n) is 15.7. The normalized spacial score (nSPS) is 13.6. The van der Waals surface area contributed by atoms with E-state index in [0.29, 0.717) is 45.0 Å². The Bertz CT molecular complexity index is 1540. The Morgan fingerprint density at radius 3 is 2.51 bits per heavy atom. The molecule has 2 aromatic heterocycles. The zero-order chi connectivity index (χ0) is 31.6. The fraction of sp³-hybridized carbons (Fsp3) is 0.424. The molecule has 0 saturated carbocycles. The van der Waals surface area contributed by atoms with Gasteiger partial charge < -0.3 is 15.3 Å². The first kappa shape index (κ1) is 32.7. The molecule has 4 aromatic rings. The predicted molar refractivity (Wildman–Crippen MR) is 183 cm³/mol. The van der Waals surface area contributed by atoms with Gasteiger partial charge in [-0.05, 0) is 37.0 Å². The van der Waals surface area contributed by atoms with Crippen molar-refractivity contribution in [2.45, 2.75) is 52.4 Å². The van der Waals surface area contributed by atoms with Crippen LogP contribution in [-0.2, 0) is 6.42 Å². The molecular weight excluding hydrogens is 608 g/mol. The maximum Gasteiger partial charge on any atom is 0.267 e. The van der Waals surface area contributed by atoms with Crippen molar-refractivity contribution in [3.8, 4) is 11.4 Å². The number of unbranched alkanes of at least 4 members (excludes halogenated alkanes) is 4. The first-order chi connectivity index (χ1) is 21.9. The fourth-order valence-electron chi connectivity index (χ4n) is 5.26. The van der Waals surface area contributed by atoms with Crippen LogP contribution >= 0.6 is 22.9 Å². The number of nitrogens with one attached hydrogen (secondary N) is 2. The first-order valence-corrected chi connectivity index (χ1v) is 16.9. The summed E-state index contributed by atoms with van der Waals surface area (Å²) in [5.74, 6) is 1.21. The van der Waals surface area contributed by atoms with Crippen LogP contribution in [0.15, 0.2) is 48.7 Å². The third kappa shape index (κ3) is 8.97. The Morgan fingerprint density at radius 1 is 1.00 bits per heavy atom. The van der Waals surface area contributed by atoms with Crippen LogP contribution in [0.4, 0.5) is 22.7 Å². The maximum atomic E-state index is 13.0. The van der Waals surface area contributed by atoms with Crippen molar-refractivity contribution in [1.82, 2.24) is 24.8 Å². The second-order valence-corrected chi connectivity index (χ2v) is 12.7. The molecule has 0 atom stereocenters. The molecular formula is C33H41ClN8O2S. The standard InChI is InChI=1S/C33H41ClN8O2S/c1-3-4-5-6-7-10-24-12-14-25(15-13-24)29-37-31(39-32(38-29)42-18-16-41(17-19-42)20-21-43)40-33-35-22-27(45-33)30(44)36-28-23(2)9-8-11-26(28)34/h8-9,11-15,22,43H,3-7,10,16-21H2,1-2H3,(H,36,44)(H,35,37,38,39,40). The van der Waals surface area contributed by atoms with E-state index in [1.165, 1.54) is 55.2 Å². The number of thiazole rings is 1. The molecule has 3 heterocycles. The predicted octanol–water partition coefficient (Wildman–Crippen LogP) is 6.58. The second kappa shape index (κ2) is 16.1. The number of para-hydroxylation sites is 1. The summed E-state index contributed by atoms with van der Waals surface area (Å²) in [6.07, 6.45) is 8.88. The highest BCUT2D eigenvalue weighted by Crippen LogP contribution is 2.29. The number of rotatable bonds is 14. The zero-order valence-electron chi connectivity index (χ0n) is 25.9. The molecule has 1 amide bonds. The molecule has 45 heavy (non-hydrogen) atoms. The van der Waals surface area contributed by atoms with E-state index < -0.39 is 0 Å². The Hall–Kier alpha value is -3.64. The minimum absolute atomic E-state index is 0.143. The smallest absolute Gasteiger partial charge is 0.267 e. The van der Waals surface area contributed by atoms with Crippen molar-refractivity contribution in [2.75, 3.05) is 54.9 Å². The highest BCUT2D eigenvalue weighted by molar-refractivity contribution is 7.17. The number of aryl methyl sites for hydroxylation is 2. The number of amides is 1. The summed E-state index contributed by atoms with van der Waals surface area (Å²) < 4.78 is 0. The second-order valence-electron chi connectivity index (χ2n) is 11.2. The number of anilines is 4. The molecule has 1 aliphatic rings. The van der Waals surface area contributed by atoms with Crippen molar-refractivity contribution in [2.24, 2.45) is 0 Å². The maximum absolute atomic E-state index is 13.0.